The Hall–Kier alpha value is -2.47. The molecular weight excluding hydrogens is 335 g/mol. The van der Waals surface area contributed by atoms with Gasteiger partial charge in [-0.1, -0.05) is 17.7 Å². The highest BCUT2D eigenvalue weighted by molar-refractivity contribution is 6.31. The van der Waals surface area contributed by atoms with Crippen LogP contribution < -0.4 is 14.8 Å². The number of anilines is 1. The zero-order valence-electron chi connectivity index (χ0n) is 13.4. The predicted molar refractivity (Wildman–Crippen MR) is 91.5 cm³/mol. The summed E-state index contributed by atoms with van der Waals surface area (Å²) in [5, 5.41) is 2.43. The maximum atomic E-state index is 13.8. The summed E-state index contributed by atoms with van der Waals surface area (Å²) in [7, 11) is 3.18. The first kappa shape index (κ1) is 17.9. The molecule has 0 atom stereocenters. The summed E-state index contributed by atoms with van der Waals surface area (Å²) in [5.74, 6) is 0.753. The van der Waals surface area contributed by atoms with E-state index in [0.29, 0.717) is 18.9 Å². The molecule has 0 aliphatic rings. The number of hydrogen-bond acceptors (Lipinski definition) is 3. The molecule has 0 radical (unpaired) electrons. The van der Waals surface area contributed by atoms with Crippen molar-refractivity contribution in [3.05, 3.63) is 53.3 Å². The van der Waals surface area contributed by atoms with Gasteiger partial charge in [0.15, 0.2) is 5.82 Å². The fraction of sp³-hybridized carbons (Fsp3) is 0.235. The Morgan fingerprint density at radius 3 is 2.54 bits per heavy atom. The first-order chi connectivity index (χ1) is 11.5. The van der Waals surface area contributed by atoms with E-state index < -0.39 is 11.8 Å². The van der Waals surface area contributed by atoms with E-state index in [1.165, 1.54) is 17.0 Å². The van der Waals surface area contributed by atoms with Crippen molar-refractivity contribution in [2.45, 2.75) is 0 Å². The molecule has 2 rings (SSSR count). The average molecular weight is 353 g/mol. The third-order valence-electron chi connectivity index (χ3n) is 3.29. The zero-order valence-corrected chi connectivity index (χ0v) is 14.1. The van der Waals surface area contributed by atoms with Gasteiger partial charge in [-0.25, -0.2) is 9.18 Å². The van der Waals surface area contributed by atoms with E-state index in [-0.39, 0.29) is 10.7 Å². The highest BCUT2D eigenvalue weighted by atomic mass is 35.5. The number of methoxy groups -OCH3 is 1. The van der Waals surface area contributed by atoms with Gasteiger partial charge in [0.05, 0.1) is 24.4 Å². The number of halogens is 2. The van der Waals surface area contributed by atoms with Gasteiger partial charge in [-0.3, -0.25) is 0 Å². The largest absolute Gasteiger partial charge is 0.497 e. The number of carbonyl (C=O) groups excluding carboxylic acids is 1. The average Bonchev–Trinajstić information content (AvgIpc) is 2.59. The molecule has 24 heavy (non-hydrogen) atoms. The fourth-order valence-corrected chi connectivity index (χ4v) is 2.06. The van der Waals surface area contributed by atoms with E-state index in [2.05, 4.69) is 5.32 Å². The molecule has 0 fully saturated rings. The maximum Gasteiger partial charge on any atom is 0.321 e. The summed E-state index contributed by atoms with van der Waals surface area (Å²) < 4.78 is 24.4. The van der Waals surface area contributed by atoms with Gasteiger partial charge in [0.2, 0.25) is 0 Å². The van der Waals surface area contributed by atoms with Crippen molar-refractivity contribution in [2.75, 3.05) is 32.6 Å². The summed E-state index contributed by atoms with van der Waals surface area (Å²) in [6, 6.07) is 11.1. The highest BCUT2D eigenvalue weighted by Crippen LogP contribution is 2.22. The number of carbonyl (C=O) groups is 1. The Bertz CT molecular complexity index is 695. The first-order valence-electron chi connectivity index (χ1n) is 7.24. The molecule has 7 heteroatoms. The van der Waals surface area contributed by atoms with Crippen LogP contribution in [0.1, 0.15) is 0 Å². The van der Waals surface area contributed by atoms with Crippen LogP contribution in [0.3, 0.4) is 0 Å². The van der Waals surface area contributed by atoms with E-state index in [4.69, 9.17) is 21.1 Å². The van der Waals surface area contributed by atoms with Crippen LogP contribution in [0.2, 0.25) is 5.02 Å². The standard InChI is InChI=1S/C17H18ClFN2O3/c1-21(10-11-24-13-8-6-12(23-2)7-9-13)17(22)20-15-5-3-4-14(18)16(15)19/h3-9H,10-11H2,1-2H3,(H,20,22). The van der Waals surface area contributed by atoms with Gasteiger partial charge in [-0.05, 0) is 36.4 Å². The SMILES string of the molecule is COc1ccc(OCCN(C)C(=O)Nc2cccc(Cl)c2F)cc1. The van der Waals surface area contributed by atoms with E-state index in [9.17, 15) is 9.18 Å². The van der Waals surface area contributed by atoms with Crippen molar-refractivity contribution in [1.82, 2.24) is 4.90 Å². The molecule has 0 saturated heterocycles. The molecule has 1 N–H and O–H groups in total. The van der Waals surface area contributed by atoms with Gasteiger partial charge >= 0.3 is 6.03 Å². The molecule has 128 valence electrons. The molecule has 0 heterocycles. The molecule has 0 aliphatic carbocycles. The van der Waals surface area contributed by atoms with Crippen molar-refractivity contribution in [3.8, 4) is 11.5 Å². The molecule has 2 amide bonds. The molecule has 0 spiro atoms. The van der Waals surface area contributed by atoms with Gasteiger partial charge in [-0.15, -0.1) is 0 Å². The second-order valence-corrected chi connectivity index (χ2v) is 5.38. The van der Waals surface area contributed by atoms with Crippen molar-refractivity contribution in [1.29, 1.82) is 0 Å². The van der Waals surface area contributed by atoms with Crippen molar-refractivity contribution in [2.24, 2.45) is 0 Å². The molecule has 0 saturated carbocycles. The predicted octanol–water partition coefficient (Wildman–Crippen LogP) is 4.03. The lowest BCUT2D eigenvalue weighted by molar-refractivity contribution is 0.207. The second-order valence-electron chi connectivity index (χ2n) is 4.98. The quantitative estimate of drug-likeness (QED) is 0.854. The van der Waals surface area contributed by atoms with E-state index in [1.807, 2.05) is 0 Å². The van der Waals surface area contributed by atoms with Gasteiger partial charge in [0.25, 0.3) is 0 Å². The molecule has 0 bridgehead atoms. The summed E-state index contributed by atoms with van der Waals surface area (Å²) in [6.07, 6.45) is 0. The van der Waals surface area contributed by atoms with E-state index >= 15 is 0 Å². The fourth-order valence-electron chi connectivity index (χ4n) is 1.88. The minimum absolute atomic E-state index is 0.0374. The van der Waals surface area contributed by atoms with Gasteiger partial charge in [0.1, 0.15) is 18.1 Å². The van der Waals surface area contributed by atoms with Crippen LogP contribution in [0.15, 0.2) is 42.5 Å². The number of amides is 2. The minimum Gasteiger partial charge on any atom is -0.497 e. The van der Waals surface area contributed by atoms with Crippen LogP contribution >= 0.6 is 11.6 Å². The smallest absolute Gasteiger partial charge is 0.321 e. The number of nitrogens with one attached hydrogen (secondary N) is 1. The molecule has 0 aliphatic heterocycles. The van der Waals surface area contributed by atoms with Crippen molar-refractivity contribution >= 4 is 23.3 Å². The number of ether oxygens (including phenoxy) is 2. The van der Waals surface area contributed by atoms with Crippen LogP contribution in [0.4, 0.5) is 14.9 Å². The maximum absolute atomic E-state index is 13.8. The van der Waals surface area contributed by atoms with Crippen LogP contribution in [-0.2, 0) is 0 Å². The van der Waals surface area contributed by atoms with Crippen LogP contribution in [0, 0.1) is 5.82 Å². The third kappa shape index (κ3) is 4.76. The lowest BCUT2D eigenvalue weighted by Crippen LogP contribution is -2.34. The molecule has 0 unspecified atom stereocenters. The lowest BCUT2D eigenvalue weighted by Gasteiger charge is -2.18. The number of hydrogen-bond donors (Lipinski definition) is 1. The van der Waals surface area contributed by atoms with E-state index in [1.54, 1.807) is 44.5 Å². The number of urea groups is 1. The molecule has 0 aromatic heterocycles. The number of likely N-dealkylation sites (N-methyl/N-ethyl adjacent to an activating group) is 1. The number of nitrogens with zero attached hydrogens (tertiary/aromatic N) is 1. The Labute approximate surface area is 144 Å². The van der Waals surface area contributed by atoms with Crippen molar-refractivity contribution in [3.63, 3.8) is 0 Å². The number of rotatable bonds is 6. The van der Waals surface area contributed by atoms with Crippen LogP contribution in [0.5, 0.6) is 11.5 Å². The summed E-state index contributed by atoms with van der Waals surface area (Å²) in [5.41, 5.74) is 0.0374. The summed E-state index contributed by atoms with van der Waals surface area (Å²) in [4.78, 5) is 13.4. The summed E-state index contributed by atoms with van der Waals surface area (Å²) in [6.45, 7) is 0.633. The molecular formula is C17H18ClFN2O3. The Kier molecular flexibility index (Phi) is 6.26. The lowest BCUT2D eigenvalue weighted by atomic mass is 10.3. The minimum atomic E-state index is -0.657. The van der Waals surface area contributed by atoms with Crippen molar-refractivity contribution < 1.29 is 18.7 Å². The molecule has 2 aromatic carbocycles. The Morgan fingerprint density at radius 2 is 1.88 bits per heavy atom. The zero-order chi connectivity index (χ0) is 17.5. The highest BCUT2D eigenvalue weighted by Gasteiger charge is 2.13. The second kappa shape index (κ2) is 8.40. The first-order valence-corrected chi connectivity index (χ1v) is 7.62. The van der Waals surface area contributed by atoms with Crippen LogP contribution in [0.25, 0.3) is 0 Å². The summed E-state index contributed by atoms with van der Waals surface area (Å²) >= 11 is 5.68. The topological polar surface area (TPSA) is 50.8 Å². The Balaban J connectivity index is 1.82. The molecule has 5 nitrogen and oxygen atoms in total. The number of benzene rings is 2. The normalized spacial score (nSPS) is 10.2. The monoisotopic (exact) mass is 352 g/mol. The van der Waals surface area contributed by atoms with Gasteiger partial charge in [0, 0.05) is 7.05 Å². The third-order valence-corrected chi connectivity index (χ3v) is 3.59. The van der Waals surface area contributed by atoms with Gasteiger partial charge < -0.3 is 19.7 Å². The van der Waals surface area contributed by atoms with Gasteiger partial charge in [-0.2, -0.15) is 0 Å². The van der Waals surface area contributed by atoms with E-state index in [0.717, 1.165) is 5.75 Å². The van der Waals surface area contributed by atoms with Crippen LogP contribution in [-0.4, -0.2) is 38.2 Å². The molecule has 2 aromatic rings. The Morgan fingerprint density at radius 1 is 1.21 bits per heavy atom.